The molecule has 6 nitrogen and oxygen atoms in total. The minimum absolute atomic E-state index is 0.0824. The summed E-state index contributed by atoms with van der Waals surface area (Å²) >= 11 is 0. The standard InChI is InChI=1S/C69H122O6/c1-4-7-10-13-16-19-22-25-28-31-34-37-40-43-46-49-52-55-58-61-67(70)73-64-66(75-69(72)63-60-57-54-51-48-45-42-39-36-33-30-27-24-21-18-15-12-9-6-3)65-74-68(71)62-59-56-53-50-47-44-41-38-35-32-29-26-23-20-17-14-11-8-5-2/h16,18-19,21,25,27-28,30,32,34-35,37,66H,4-15,17,20,22-24,26,29,31,33,36,38-65H2,1-3H3/b19-16-,21-18-,28-25-,30-27-,35-32-,37-34-/t66-/m0/s1. The minimum atomic E-state index is -0.787. The fraction of sp³-hybridized carbons (Fsp3) is 0.783. The SMILES string of the molecule is CCCCC/C=C\C/C=C\C/C=C\CCCCCCCCC(=O)OC[C@@H](COC(=O)CCCCCCCCC/C=C\CCCCCCCCCC)OC(=O)CCCCCCCCCCC/C=C\C/C=C\CCCCC. The van der Waals surface area contributed by atoms with Gasteiger partial charge in [-0.05, 0) is 116 Å². The molecule has 434 valence electrons. The first-order valence-electron chi connectivity index (χ1n) is 32.4. The van der Waals surface area contributed by atoms with Gasteiger partial charge >= 0.3 is 17.9 Å². The first-order chi connectivity index (χ1) is 37.0. The number of unbranched alkanes of at least 4 members (excludes halogenated alkanes) is 36. The van der Waals surface area contributed by atoms with E-state index in [2.05, 4.69) is 93.7 Å². The largest absolute Gasteiger partial charge is 0.462 e. The molecule has 6 heteroatoms. The van der Waals surface area contributed by atoms with E-state index in [1.807, 2.05) is 0 Å². The third kappa shape index (κ3) is 61.6. The Balaban J connectivity index is 4.40. The molecule has 0 bridgehead atoms. The van der Waals surface area contributed by atoms with Crippen LogP contribution >= 0.6 is 0 Å². The van der Waals surface area contributed by atoms with Crippen LogP contribution in [0.1, 0.15) is 329 Å². The molecule has 0 amide bonds. The van der Waals surface area contributed by atoms with Crippen LogP contribution in [-0.2, 0) is 28.6 Å². The Morgan fingerprint density at radius 2 is 0.480 bits per heavy atom. The van der Waals surface area contributed by atoms with Gasteiger partial charge in [0.05, 0.1) is 0 Å². The molecule has 0 aliphatic carbocycles. The van der Waals surface area contributed by atoms with E-state index in [0.717, 1.165) is 83.5 Å². The summed E-state index contributed by atoms with van der Waals surface area (Å²) in [4.78, 5) is 38.4. The highest BCUT2D eigenvalue weighted by atomic mass is 16.6. The molecule has 0 aromatic carbocycles. The molecule has 0 saturated carbocycles. The van der Waals surface area contributed by atoms with Crippen molar-refractivity contribution >= 4 is 17.9 Å². The predicted octanol–water partition coefficient (Wildman–Crippen LogP) is 22.1. The van der Waals surface area contributed by atoms with E-state index in [1.165, 1.54) is 205 Å². The lowest BCUT2D eigenvalue weighted by molar-refractivity contribution is -0.167. The molecule has 0 rings (SSSR count). The van der Waals surface area contributed by atoms with Gasteiger partial charge in [-0.25, -0.2) is 0 Å². The lowest BCUT2D eigenvalue weighted by Gasteiger charge is -2.18. The molecule has 0 radical (unpaired) electrons. The van der Waals surface area contributed by atoms with Crippen molar-refractivity contribution in [1.29, 1.82) is 0 Å². The highest BCUT2D eigenvalue weighted by Crippen LogP contribution is 2.16. The van der Waals surface area contributed by atoms with Gasteiger partial charge in [0, 0.05) is 19.3 Å². The summed E-state index contributed by atoms with van der Waals surface area (Å²) in [5.41, 5.74) is 0. The van der Waals surface area contributed by atoms with E-state index in [1.54, 1.807) is 0 Å². The number of carbonyl (C=O) groups is 3. The summed E-state index contributed by atoms with van der Waals surface area (Å²) in [6.45, 7) is 6.61. The molecule has 0 heterocycles. The topological polar surface area (TPSA) is 78.9 Å². The van der Waals surface area contributed by atoms with Gasteiger partial charge in [0.2, 0.25) is 0 Å². The number of ether oxygens (including phenoxy) is 3. The van der Waals surface area contributed by atoms with Crippen LogP contribution in [0, 0.1) is 0 Å². The summed E-state index contributed by atoms with van der Waals surface area (Å²) in [7, 11) is 0. The molecular formula is C69H122O6. The number of allylic oxidation sites excluding steroid dienone is 12. The molecule has 0 unspecified atom stereocenters. The van der Waals surface area contributed by atoms with Gasteiger partial charge in [-0.1, -0.05) is 267 Å². The van der Waals surface area contributed by atoms with Crippen molar-refractivity contribution in [2.45, 2.75) is 335 Å². The zero-order valence-corrected chi connectivity index (χ0v) is 49.8. The predicted molar refractivity (Wildman–Crippen MR) is 325 cm³/mol. The van der Waals surface area contributed by atoms with Crippen LogP contribution in [0.25, 0.3) is 0 Å². The molecule has 0 saturated heterocycles. The molecule has 0 aliphatic heterocycles. The maximum Gasteiger partial charge on any atom is 0.306 e. The fourth-order valence-corrected chi connectivity index (χ4v) is 9.24. The molecular weight excluding hydrogens is 925 g/mol. The summed E-state index contributed by atoms with van der Waals surface area (Å²) in [6, 6.07) is 0. The first kappa shape index (κ1) is 71.8. The lowest BCUT2D eigenvalue weighted by atomic mass is 10.1. The molecule has 0 spiro atoms. The summed E-state index contributed by atoms with van der Waals surface area (Å²) in [6.07, 6.45) is 81.8. The van der Waals surface area contributed by atoms with Crippen LogP contribution in [0.15, 0.2) is 72.9 Å². The number of hydrogen-bond acceptors (Lipinski definition) is 6. The minimum Gasteiger partial charge on any atom is -0.462 e. The van der Waals surface area contributed by atoms with Crippen LogP contribution in [0.4, 0.5) is 0 Å². The number of esters is 3. The van der Waals surface area contributed by atoms with Crippen molar-refractivity contribution in [3.05, 3.63) is 72.9 Å². The first-order valence-corrected chi connectivity index (χ1v) is 32.4. The average molecular weight is 1050 g/mol. The quantitative estimate of drug-likeness (QED) is 0.0261. The molecule has 0 aliphatic rings. The van der Waals surface area contributed by atoms with E-state index in [9.17, 15) is 14.4 Å². The Morgan fingerprint density at radius 3 is 0.787 bits per heavy atom. The van der Waals surface area contributed by atoms with Gasteiger partial charge in [0.1, 0.15) is 13.2 Å². The lowest BCUT2D eigenvalue weighted by Crippen LogP contribution is -2.30. The van der Waals surface area contributed by atoms with Gasteiger partial charge in [-0.15, -0.1) is 0 Å². The van der Waals surface area contributed by atoms with E-state index >= 15 is 0 Å². The van der Waals surface area contributed by atoms with Crippen LogP contribution in [0.5, 0.6) is 0 Å². The van der Waals surface area contributed by atoms with Crippen molar-refractivity contribution in [3.8, 4) is 0 Å². The van der Waals surface area contributed by atoms with Crippen molar-refractivity contribution < 1.29 is 28.6 Å². The van der Waals surface area contributed by atoms with Gasteiger partial charge in [0.15, 0.2) is 6.10 Å². The van der Waals surface area contributed by atoms with E-state index in [-0.39, 0.29) is 31.1 Å². The Labute approximate surface area is 465 Å². The van der Waals surface area contributed by atoms with Crippen molar-refractivity contribution in [2.75, 3.05) is 13.2 Å². The molecule has 0 aromatic rings. The average Bonchev–Trinajstić information content (AvgIpc) is 3.41. The third-order valence-electron chi connectivity index (χ3n) is 14.2. The summed E-state index contributed by atoms with van der Waals surface area (Å²) in [5, 5.41) is 0. The fourth-order valence-electron chi connectivity index (χ4n) is 9.24. The second-order valence-electron chi connectivity index (χ2n) is 21.7. The Bertz CT molecular complexity index is 1390. The number of rotatable bonds is 59. The number of carbonyl (C=O) groups excluding carboxylic acids is 3. The third-order valence-corrected chi connectivity index (χ3v) is 14.2. The van der Waals surface area contributed by atoms with Crippen molar-refractivity contribution in [1.82, 2.24) is 0 Å². The Hall–Kier alpha value is -3.15. The second kappa shape index (κ2) is 63.4. The van der Waals surface area contributed by atoms with Gasteiger partial charge in [0.25, 0.3) is 0 Å². The van der Waals surface area contributed by atoms with E-state index < -0.39 is 6.10 Å². The van der Waals surface area contributed by atoms with Crippen molar-refractivity contribution in [3.63, 3.8) is 0 Å². The molecule has 0 fully saturated rings. The van der Waals surface area contributed by atoms with E-state index in [0.29, 0.717) is 19.3 Å². The summed E-state index contributed by atoms with van der Waals surface area (Å²) in [5.74, 6) is -0.888. The van der Waals surface area contributed by atoms with Gasteiger partial charge < -0.3 is 14.2 Å². The van der Waals surface area contributed by atoms with Crippen LogP contribution < -0.4 is 0 Å². The summed E-state index contributed by atoms with van der Waals surface area (Å²) < 4.78 is 16.9. The molecule has 0 N–H and O–H groups in total. The van der Waals surface area contributed by atoms with Crippen molar-refractivity contribution in [2.24, 2.45) is 0 Å². The molecule has 75 heavy (non-hydrogen) atoms. The van der Waals surface area contributed by atoms with Crippen LogP contribution in [0.3, 0.4) is 0 Å². The maximum absolute atomic E-state index is 12.9. The number of hydrogen-bond donors (Lipinski definition) is 0. The molecule has 1 atom stereocenters. The zero-order valence-electron chi connectivity index (χ0n) is 49.8. The normalized spacial score (nSPS) is 12.5. The second-order valence-corrected chi connectivity index (χ2v) is 21.7. The zero-order chi connectivity index (χ0) is 54.3. The Kier molecular flexibility index (Phi) is 60.7. The maximum atomic E-state index is 12.9. The van der Waals surface area contributed by atoms with Gasteiger partial charge in [-0.3, -0.25) is 14.4 Å². The van der Waals surface area contributed by atoms with E-state index in [4.69, 9.17) is 14.2 Å². The van der Waals surface area contributed by atoms with Crippen LogP contribution in [0.2, 0.25) is 0 Å². The Morgan fingerprint density at radius 1 is 0.267 bits per heavy atom. The van der Waals surface area contributed by atoms with Gasteiger partial charge in [-0.2, -0.15) is 0 Å². The highest BCUT2D eigenvalue weighted by Gasteiger charge is 2.19. The highest BCUT2D eigenvalue weighted by molar-refractivity contribution is 5.71. The smallest absolute Gasteiger partial charge is 0.306 e. The molecule has 0 aromatic heterocycles. The van der Waals surface area contributed by atoms with Crippen LogP contribution in [-0.4, -0.2) is 37.2 Å². The monoisotopic (exact) mass is 1050 g/mol.